The van der Waals surface area contributed by atoms with Crippen LogP contribution in [0.4, 0.5) is 0 Å². The van der Waals surface area contributed by atoms with Crippen LogP contribution < -0.4 is 0 Å². The molecule has 92 valence electrons. The van der Waals surface area contributed by atoms with Crippen LogP contribution in [0.2, 0.25) is 0 Å². The standard InChI is InChI=1S/C14H25NO/c1-11-5-6-13(9-12(11)2)16-8-7-14(3,4)10-15/h11-13H,5-9H2,1-4H3. The number of rotatable bonds is 4. The second-order valence-corrected chi connectivity index (χ2v) is 6.01. The van der Waals surface area contributed by atoms with Crippen molar-refractivity contribution in [2.45, 2.75) is 59.5 Å². The molecule has 3 unspecified atom stereocenters. The van der Waals surface area contributed by atoms with Gasteiger partial charge in [-0.3, -0.25) is 0 Å². The molecule has 3 atom stereocenters. The lowest BCUT2D eigenvalue weighted by atomic mass is 9.80. The fraction of sp³-hybridized carbons (Fsp3) is 0.929. The van der Waals surface area contributed by atoms with Crippen LogP contribution in [0.15, 0.2) is 0 Å². The van der Waals surface area contributed by atoms with Crippen LogP contribution in [-0.4, -0.2) is 12.7 Å². The Bertz CT molecular complexity index is 254. The Morgan fingerprint density at radius 3 is 2.50 bits per heavy atom. The molecule has 1 fully saturated rings. The Kier molecular flexibility index (Phi) is 4.80. The number of nitriles is 1. The van der Waals surface area contributed by atoms with Gasteiger partial charge < -0.3 is 4.74 Å². The predicted octanol–water partition coefficient (Wildman–Crippen LogP) is 3.77. The minimum absolute atomic E-state index is 0.242. The molecule has 2 nitrogen and oxygen atoms in total. The third kappa shape index (κ3) is 4.14. The van der Waals surface area contributed by atoms with Crippen LogP contribution in [0.25, 0.3) is 0 Å². The fourth-order valence-corrected chi connectivity index (χ4v) is 2.19. The first-order valence-electron chi connectivity index (χ1n) is 6.47. The van der Waals surface area contributed by atoms with Gasteiger partial charge in [0, 0.05) is 6.61 Å². The van der Waals surface area contributed by atoms with E-state index in [1.54, 1.807) is 0 Å². The summed E-state index contributed by atoms with van der Waals surface area (Å²) in [6.07, 6.45) is 4.94. The molecule has 1 rings (SSSR count). The molecule has 0 N–H and O–H groups in total. The number of ether oxygens (including phenoxy) is 1. The molecule has 0 aromatic rings. The third-order valence-electron chi connectivity index (χ3n) is 3.93. The Morgan fingerprint density at radius 2 is 1.94 bits per heavy atom. The highest BCUT2D eigenvalue weighted by Crippen LogP contribution is 2.31. The quantitative estimate of drug-likeness (QED) is 0.727. The summed E-state index contributed by atoms with van der Waals surface area (Å²) in [4.78, 5) is 0. The van der Waals surface area contributed by atoms with Crippen molar-refractivity contribution >= 4 is 0 Å². The van der Waals surface area contributed by atoms with E-state index in [0.29, 0.717) is 6.10 Å². The number of hydrogen-bond donors (Lipinski definition) is 0. The van der Waals surface area contributed by atoms with Gasteiger partial charge in [0.2, 0.25) is 0 Å². The summed E-state index contributed by atoms with van der Waals surface area (Å²) in [5.74, 6) is 1.62. The van der Waals surface area contributed by atoms with E-state index in [1.165, 1.54) is 19.3 Å². The highest BCUT2D eigenvalue weighted by molar-refractivity contribution is 4.91. The van der Waals surface area contributed by atoms with Crippen LogP contribution >= 0.6 is 0 Å². The van der Waals surface area contributed by atoms with Gasteiger partial charge in [-0.15, -0.1) is 0 Å². The molecule has 0 aromatic carbocycles. The van der Waals surface area contributed by atoms with Gasteiger partial charge in [0.05, 0.1) is 17.6 Å². The highest BCUT2D eigenvalue weighted by Gasteiger charge is 2.25. The smallest absolute Gasteiger partial charge is 0.0684 e. The summed E-state index contributed by atoms with van der Waals surface area (Å²) in [5.41, 5.74) is -0.242. The van der Waals surface area contributed by atoms with E-state index in [9.17, 15) is 0 Å². The van der Waals surface area contributed by atoms with Gasteiger partial charge in [-0.05, 0) is 51.4 Å². The first kappa shape index (κ1) is 13.5. The summed E-state index contributed by atoms with van der Waals surface area (Å²) in [6, 6.07) is 2.31. The second-order valence-electron chi connectivity index (χ2n) is 6.01. The van der Waals surface area contributed by atoms with Crippen LogP contribution in [0.3, 0.4) is 0 Å². The molecule has 0 spiro atoms. The normalized spacial score (nSPS) is 31.1. The molecule has 2 heteroatoms. The monoisotopic (exact) mass is 223 g/mol. The van der Waals surface area contributed by atoms with Crippen LogP contribution in [0, 0.1) is 28.6 Å². The molecular weight excluding hydrogens is 198 g/mol. The van der Waals surface area contributed by atoms with E-state index in [4.69, 9.17) is 10.00 Å². The lowest BCUT2D eigenvalue weighted by molar-refractivity contribution is -0.00477. The van der Waals surface area contributed by atoms with E-state index < -0.39 is 0 Å². The molecule has 0 radical (unpaired) electrons. The Morgan fingerprint density at radius 1 is 1.25 bits per heavy atom. The number of nitrogens with zero attached hydrogens (tertiary/aromatic N) is 1. The molecule has 1 aliphatic carbocycles. The van der Waals surface area contributed by atoms with E-state index >= 15 is 0 Å². The van der Waals surface area contributed by atoms with Crippen molar-refractivity contribution in [1.29, 1.82) is 5.26 Å². The second kappa shape index (κ2) is 5.68. The maximum atomic E-state index is 8.90. The SMILES string of the molecule is CC1CCC(OCCC(C)(C)C#N)CC1C. The first-order valence-corrected chi connectivity index (χ1v) is 6.47. The lowest BCUT2D eigenvalue weighted by Crippen LogP contribution is -2.27. The van der Waals surface area contributed by atoms with Gasteiger partial charge >= 0.3 is 0 Å². The zero-order valence-electron chi connectivity index (χ0n) is 11.1. The Hall–Kier alpha value is -0.550. The Labute approximate surface area is 100.0 Å². The first-order chi connectivity index (χ1) is 7.44. The van der Waals surface area contributed by atoms with Gasteiger partial charge in [-0.1, -0.05) is 13.8 Å². The summed E-state index contributed by atoms with van der Waals surface area (Å²) in [7, 11) is 0. The van der Waals surface area contributed by atoms with Crippen molar-refractivity contribution in [2.24, 2.45) is 17.3 Å². The van der Waals surface area contributed by atoms with Crippen molar-refractivity contribution in [3.63, 3.8) is 0 Å². The zero-order valence-corrected chi connectivity index (χ0v) is 11.1. The maximum Gasteiger partial charge on any atom is 0.0684 e. The van der Waals surface area contributed by atoms with Gasteiger partial charge in [-0.25, -0.2) is 0 Å². The average Bonchev–Trinajstić information content (AvgIpc) is 2.23. The molecule has 0 amide bonds. The van der Waals surface area contributed by atoms with Crippen LogP contribution in [0.5, 0.6) is 0 Å². The van der Waals surface area contributed by atoms with Crippen molar-refractivity contribution in [1.82, 2.24) is 0 Å². The van der Waals surface area contributed by atoms with Crippen LogP contribution in [0.1, 0.15) is 53.4 Å². The van der Waals surface area contributed by atoms with Crippen molar-refractivity contribution < 1.29 is 4.74 Å². The number of hydrogen-bond acceptors (Lipinski definition) is 2. The molecule has 0 aromatic heterocycles. The minimum atomic E-state index is -0.242. The molecule has 16 heavy (non-hydrogen) atoms. The topological polar surface area (TPSA) is 33.0 Å². The predicted molar refractivity (Wildman–Crippen MR) is 65.9 cm³/mol. The zero-order chi connectivity index (χ0) is 12.2. The van der Waals surface area contributed by atoms with Gasteiger partial charge in [-0.2, -0.15) is 5.26 Å². The molecule has 0 bridgehead atoms. The van der Waals surface area contributed by atoms with Crippen LogP contribution in [-0.2, 0) is 4.74 Å². The Balaban J connectivity index is 2.22. The lowest BCUT2D eigenvalue weighted by Gasteiger charge is -2.32. The highest BCUT2D eigenvalue weighted by atomic mass is 16.5. The molecule has 0 heterocycles. The van der Waals surface area contributed by atoms with Crippen molar-refractivity contribution in [3.05, 3.63) is 0 Å². The summed E-state index contributed by atoms with van der Waals surface area (Å²) in [5, 5.41) is 8.90. The van der Waals surface area contributed by atoms with Gasteiger partial charge in [0.1, 0.15) is 0 Å². The summed E-state index contributed by atoms with van der Waals surface area (Å²) < 4.78 is 5.89. The van der Waals surface area contributed by atoms with E-state index in [1.807, 2.05) is 13.8 Å². The molecular formula is C14H25NO. The third-order valence-corrected chi connectivity index (χ3v) is 3.93. The maximum absolute atomic E-state index is 8.90. The van der Waals surface area contributed by atoms with Crippen molar-refractivity contribution in [2.75, 3.05) is 6.61 Å². The van der Waals surface area contributed by atoms with Crippen molar-refractivity contribution in [3.8, 4) is 6.07 Å². The largest absolute Gasteiger partial charge is 0.378 e. The van der Waals surface area contributed by atoms with Gasteiger partial charge in [0.15, 0.2) is 0 Å². The molecule has 0 saturated heterocycles. The summed E-state index contributed by atoms with van der Waals surface area (Å²) in [6.45, 7) is 9.33. The summed E-state index contributed by atoms with van der Waals surface area (Å²) >= 11 is 0. The average molecular weight is 223 g/mol. The van der Waals surface area contributed by atoms with E-state index in [2.05, 4.69) is 19.9 Å². The van der Waals surface area contributed by atoms with Gasteiger partial charge in [0.25, 0.3) is 0 Å². The molecule has 1 aliphatic rings. The van der Waals surface area contributed by atoms with E-state index in [-0.39, 0.29) is 5.41 Å². The van der Waals surface area contributed by atoms with E-state index in [0.717, 1.165) is 24.9 Å². The fourth-order valence-electron chi connectivity index (χ4n) is 2.19. The molecule has 0 aliphatic heterocycles. The minimum Gasteiger partial charge on any atom is -0.378 e. The molecule has 1 saturated carbocycles.